The van der Waals surface area contributed by atoms with Gasteiger partial charge in [0.1, 0.15) is 5.82 Å². The Balaban J connectivity index is 2.39. The lowest BCUT2D eigenvalue weighted by Gasteiger charge is -2.11. The Morgan fingerprint density at radius 1 is 1.00 bits per heavy atom. The smallest absolute Gasteiger partial charge is 0.129 e. The van der Waals surface area contributed by atoms with Crippen LogP contribution in [-0.2, 0) is 5.88 Å². The predicted octanol–water partition coefficient (Wildman–Crippen LogP) is 6.05. The number of rotatable bonds is 2. The van der Waals surface area contributed by atoms with Gasteiger partial charge in [0, 0.05) is 13.4 Å². The van der Waals surface area contributed by atoms with Gasteiger partial charge in [-0.2, -0.15) is 0 Å². The number of nitrogens with zero attached hydrogens (tertiary/aromatic N) is 2. The van der Waals surface area contributed by atoms with E-state index in [0.29, 0.717) is 5.88 Å². The van der Waals surface area contributed by atoms with Crippen molar-refractivity contribution in [2.75, 3.05) is 0 Å². The summed E-state index contributed by atoms with van der Waals surface area (Å²) in [5, 5.41) is 0. The van der Waals surface area contributed by atoms with Gasteiger partial charge in [0.15, 0.2) is 0 Å². The first-order valence-corrected chi connectivity index (χ1v) is 8.70. The van der Waals surface area contributed by atoms with Gasteiger partial charge in [0.25, 0.3) is 0 Å². The van der Waals surface area contributed by atoms with Gasteiger partial charge in [0.05, 0.1) is 22.6 Å². The fraction of sp³-hybridized carbons (Fsp3) is 0.0714. The summed E-state index contributed by atoms with van der Waals surface area (Å²) in [6.45, 7) is 0. The first-order chi connectivity index (χ1) is 9.60. The van der Waals surface area contributed by atoms with Gasteiger partial charge in [-0.15, -0.1) is 11.6 Å². The Morgan fingerprint density at radius 3 is 2.45 bits per heavy atom. The molecule has 0 N–H and O–H groups in total. The minimum absolute atomic E-state index is 0.352. The lowest BCUT2D eigenvalue weighted by molar-refractivity contribution is 0.976. The van der Waals surface area contributed by atoms with E-state index in [-0.39, 0.29) is 0 Å². The van der Waals surface area contributed by atoms with Crippen LogP contribution >= 0.6 is 59.4 Å². The molecule has 0 bridgehead atoms. The summed E-state index contributed by atoms with van der Waals surface area (Å²) in [7, 11) is 0. The van der Waals surface area contributed by atoms with Crippen molar-refractivity contribution in [3.8, 4) is 5.69 Å². The standard InChI is InChI=1S/C14H8Br3ClN2/c15-8-1-3-10(17)12(5-8)20-13-6-9(16)2-4-11(13)19-14(20)7-18/h1-6H,7H2. The molecule has 0 unspecified atom stereocenters. The maximum absolute atomic E-state index is 6.06. The molecule has 0 fully saturated rings. The molecular weight excluding hydrogens is 471 g/mol. The second kappa shape index (κ2) is 5.79. The van der Waals surface area contributed by atoms with Crippen molar-refractivity contribution in [3.63, 3.8) is 0 Å². The SMILES string of the molecule is ClCc1nc2ccc(Br)cc2n1-c1cc(Br)ccc1Br. The molecule has 2 nitrogen and oxygen atoms in total. The molecule has 6 heteroatoms. The van der Waals surface area contributed by atoms with Gasteiger partial charge < -0.3 is 0 Å². The van der Waals surface area contributed by atoms with Crippen LogP contribution in [0.15, 0.2) is 49.8 Å². The molecule has 20 heavy (non-hydrogen) atoms. The van der Waals surface area contributed by atoms with Crippen LogP contribution in [-0.4, -0.2) is 9.55 Å². The number of hydrogen-bond acceptors (Lipinski definition) is 1. The van der Waals surface area contributed by atoms with E-state index in [4.69, 9.17) is 11.6 Å². The zero-order valence-electron chi connectivity index (χ0n) is 10.1. The van der Waals surface area contributed by atoms with E-state index >= 15 is 0 Å². The van der Waals surface area contributed by atoms with Crippen LogP contribution in [0, 0.1) is 0 Å². The third-order valence-electron chi connectivity index (χ3n) is 2.95. The average Bonchev–Trinajstić information content (AvgIpc) is 2.79. The van der Waals surface area contributed by atoms with Crippen LogP contribution in [0.4, 0.5) is 0 Å². The number of fused-ring (bicyclic) bond motifs is 1. The van der Waals surface area contributed by atoms with Crippen molar-refractivity contribution in [1.29, 1.82) is 0 Å². The summed E-state index contributed by atoms with van der Waals surface area (Å²) in [4.78, 5) is 4.59. The third-order valence-corrected chi connectivity index (χ3v) is 4.85. The van der Waals surface area contributed by atoms with Crippen molar-refractivity contribution in [1.82, 2.24) is 9.55 Å². The van der Waals surface area contributed by atoms with E-state index in [2.05, 4.69) is 57.3 Å². The number of alkyl halides is 1. The van der Waals surface area contributed by atoms with E-state index in [1.165, 1.54) is 0 Å². The molecule has 0 aliphatic heterocycles. The highest BCUT2D eigenvalue weighted by Gasteiger charge is 2.14. The molecule has 3 rings (SSSR count). The number of hydrogen-bond donors (Lipinski definition) is 0. The molecule has 1 heterocycles. The minimum Gasteiger partial charge on any atom is -0.294 e. The van der Waals surface area contributed by atoms with Gasteiger partial charge >= 0.3 is 0 Å². The molecule has 102 valence electrons. The van der Waals surface area contributed by atoms with Crippen LogP contribution in [0.25, 0.3) is 16.7 Å². The molecule has 0 saturated heterocycles. The molecule has 2 aromatic carbocycles. The summed E-state index contributed by atoms with van der Waals surface area (Å²) in [5.41, 5.74) is 2.96. The summed E-state index contributed by atoms with van der Waals surface area (Å²) in [5.74, 6) is 1.17. The minimum atomic E-state index is 0.352. The normalized spacial score (nSPS) is 11.2. The van der Waals surface area contributed by atoms with Crippen LogP contribution in [0.1, 0.15) is 5.82 Å². The van der Waals surface area contributed by atoms with Crippen LogP contribution in [0.5, 0.6) is 0 Å². The number of benzene rings is 2. The summed E-state index contributed by atoms with van der Waals surface area (Å²) >= 11 is 16.7. The Morgan fingerprint density at radius 2 is 1.70 bits per heavy atom. The first-order valence-electron chi connectivity index (χ1n) is 5.78. The predicted molar refractivity (Wildman–Crippen MR) is 93.7 cm³/mol. The maximum atomic E-state index is 6.06. The second-order valence-corrected chi connectivity index (χ2v) is 7.18. The van der Waals surface area contributed by atoms with E-state index in [1.807, 2.05) is 36.4 Å². The highest BCUT2D eigenvalue weighted by molar-refractivity contribution is 9.11. The van der Waals surface area contributed by atoms with Crippen LogP contribution < -0.4 is 0 Å². The van der Waals surface area contributed by atoms with Crippen molar-refractivity contribution in [3.05, 3.63) is 55.6 Å². The molecule has 3 aromatic rings. The number of imidazole rings is 1. The summed E-state index contributed by atoms with van der Waals surface area (Å²) in [6.07, 6.45) is 0. The molecular formula is C14H8Br3ClN2. The van der Waals surface area contributed by atoms with Crippen molar-refractivity contribution < 1.29 is 0 Å². The van der Waals surface area contributed by atoms with E-state index in [0.717, 1.165) is 36.0 Å². The van der Waals surface area contributed by atoms with Gasteiger partial charge in [-0.25, -0.2) is 4.98 Å². The van der Waals surface area contributed by atoms with Gasteiger partial charge in [0.2, 0.25) is 0 Å². The Labute approximate surface area is 146 Å². The highest BCUT2D eigenvalue weighted by Crippen LogP contribution is 2.31. The molecule has 0 aliphatic rings. The molecule has 0 saturated carbocycles. The number of halogens is 4. The molecule has 0 atom stereocenters. The quantitative estimate of drug-likeness (QED) is 0.409. The third kappa shape index (κ3) is 2.56. The highest BCUT2D eigenvalue weighted by atomic mass is 79.9. The van der Waals surface area contributed by atoms with Gasteiger partial charge in [-0.3, -0.25) is 4.57 Å². The maximum Gasteiger partial charge on any atom is 0.129 e. The monoisotopic (exact) mass is 476 g/mol. The fourth-order valence-electron chi connectivity index (χ4n) is 2.11. The molecule has 0 spiro atoms. The van der Waals surface area contributed by atoms with Crippen LogP contribution in [0.2, 0.25) is 0 Å². The fourth-order valence-corrected chi connectivity index (χ4v) is 3.42. The first kappa shape index (κ1) is 14.6. The van der Waals surface area contributed by atoms with Crippen molar-refractivity contribution in [2.24, 2.45) is 0 Å². The lowest BCUT2D eigenvalue weighted by Crippen LogP contribution is -2.00. The number of aromatic nitrogens is 2. The molecule has 1 aromatic heterocycles. The van der Waals surface area contributed by atoms with Crippen molar-refractivity contribution >= 4 is 70.4 Å². The van der Waals surface area contributed by atoms with Gasteiger partial charge in [-0.05, 0) is 52.3 Å². The van der Waals surface area contributed by atoms with Gasteiger partial charge in [-0.1, -0.05) is 31.9 Å². The van der Waals surface area contributed by atoms with Crippen molar-refractivity contribution in [2.45, 2.75) is 5.88 Å². The topological polar surface area (TPSA) is 17.8 Å². The van der Waals surface area contributed by atoms with Crippen LogP contribution in [0.3, 0.4) is 0 Å². The lowest BCUT2D eigenvalue weighted by atomic mass is 10.3. The second-order valence-electron chi connectivity index (χ2n) is 4.23. The zero-order valence-corrected chi connectivity index (χ0v) is 15.6. The zero-order chi connectivity index (χ0) is 14.3. The largest absolute Gasteiger partial charge is 0.294 e. The Hall–Kier alpha value is -0.360. The Kier molecular flexibility index (Phi) is 4.22. The summed E-state index contributed by atoms with van der Waals surface area (Å²) in [6, 6.07) is 12.0. The molecule has 0 amide bonds. The average molecular weight is 479 g/mol. The molecule has 0 aliphatic carbocycles. The summed E-state index contributed by atoms with van der Waals surface area (Å²) < 4.78 is 5.08. The van der Waals surface area contributed by atoms with E-state index < -0.39 is 0 Å². The Bertz CT molecular complexity index is 798. The van der Waals surface area contributed by atoms with E-state index in [1.54, 1.807) is 0 Å². The van der Waals surface area contributed by atoms with E-state index in [9.17, 15) is 0 Å². The molecule has 0 radical (unpaired) electrons.